The fourth-order valence-corrected chi connectivity index (χ4v) is 4.95. The highest BCUT2D eigenvalue weighted by molar-refractivity contribution is 6.23. The van der Waals surface area contributed by atoms with Gasteiger partial charge in [-0.05, 0) is 68.8 Å². The summed E-state index contributed by atoms with van der Waals surface area (Å²) in [6.07, 6.45) is 3.84. The van der Waals surface area contributed by atoms with Crippen molar-refractivity contribution in [1.29, 1.82) is 0 Å². The number of carbonyl (C=O) groups is 4. The molecule has 8 nitrogen and oxygen atoms in total. The van der Waals surface area contributed by atoms with Crippen LogP contribution in [-0.4, -0.2) is 53.7 Å². The zero-order valence-electron chi connectivity index (χ0n) is 16.1. The molecule has 152 valence electrons. The Balaban J connectivity index is 1.30. The largest absolute Gasteiger partial charge is 0.382 e. The lowest BCUT2D eigenvalue weighted by atomic mass is 9.93. The summed E-state index contributed by atoms with van der Waals surface area (Å²) in [7, 11) is 0. The van der Waals surface area contributed by atoms with Gasteiger partial charge in [0.05, 0.1) is 11.1 Å². The number of anilines is 1. The molecule has 4 aliphatic rings. The van der Waals surface area contributed by atoms with Gasteiger partial charge in [-0.3, -0.25) is 29.4 Å². The number of amides is 4. The minimum absolute atomic E-state index is 0.121. The number of rotatable bonds is 4. The van der Waals surface area contributed by atoms with Gasteiger partial charge in [-0.2, -0.15) is 0 Å². The molecule has 1 aliphatic carbocycles. The maximum atomic E-state index is 12.9. The summed E-state index contributed by atoms with van der Waals surface area (Å²) in [5.41, 5.74) is 1.47. The molecule has 3 atom stereocenters. The molecule has 0 bridgehead atoms. The van der Waals surface area contributed by atoms with E-state index in [1.165, 1.54) is 12.8 Å². The summed E-state index contributed by atoms with van der Waals surface area (Å²) in [6, 6.07) is 4.69. The minimum Gasteiger partial charge on any atom is -0.382 e. The standard InChI is InChI=1S/C21H24N4O4/c26-18-4-3-17(19(27)24-18)25-20(28)13-2-1-12(9-15(13)21(25)29)23-16-10-14(16)11-5-7-22-8-6-11/h1-2,9,11,14,16-17,22-23H,3-8,10H2,(H,24,26,27)/t14-,16+,17?/m0/s1. The van der Waals surface area contributed by atoms with Gasteiger partial charge in [-0.25, -0.2) is 0 Å². The number of nitrogens with one attached hydrogen (secondary N) is 3. The molecule has 3 fully saturated rings. The van der Waals surface area contributed by atoms with Gasteiger partial charge in [0.25, 0.3) is 11.8 Å². The van der Waals surface area contributed by atoms with E-state index in [2.05, 4.69) is 16.0 Å². The molecule has 4 amide bonds. The third-order valence-electron chi connectivity index (χ3n) is 6.62. The van der Waals surface area contributed by atoms with Crippen LogP contribution in [0.25, 0.3) is 0 Å². The summed E-state index contributed by atoms with van der Waals surface area (Å²) < 4.78 is 0. The number of fused-ring (bicyclic) bond motifs is 1. The van der Waals surface area contributed by atoms with Gasteiger partial charge < -0.3 is 10.6 Å². The van der Waals surface area contributed by atoms with Gasteiger partial charge in [-0.1, -0.05) is 0 Å². The van der Waals surface area contributed by atoms with Crippen LogP contribution in [0, 0.1) is 11.8 Å². The summed E-state index contributed by atoms with van der Waals surface area (Å²) in [5, 5.41) is 9.12. The average Bonchev–Trinajstić information content (AvgIpc) is 3.44. The maximum Gasteiger partial charge on any atom is 0.262 e. The fraction of sp³-hybridized carbons (Fsp3) is 0.524. The van der Waals surface area contributed by atoms with Crippen molar-refractivity contribution in [3.05, 3.63) is 29.3 Å². The highest BCUT2D eigenvalue weighted by atomic mass is 16.2. The normalized spacial score (nSPS) is 29.7. The van der Waals surface area contributed by atoms with Crippen molar-refractivity contribution >= 4 is 29.3 Å². The van der Waals surface area contributed by atoms with Crippen molar-refractivity contribution in [2.45, 2.75) is 44.2 Å². The summed E-state index contributed by atoms with van der Waals surface area (Å²) in [4.78, 5) is 50.2. The first-order chi connectivity index (χ1) is 14.0. The Kier molecular flexibility index (Phi) is 4.38. The molecule has 1 unspecified atom stereocenters. The molecule has 1 aromatic carbocycles. The lowest BCUT2D eigenvalue weighted by Gasteiger charge is -2.27. The van der Waals surface area contributed by atoms with Gasteiger partial charge in [0, 0.05) is 18.2 Å². The zero-order valence-corrected chi connectivity index (χ0v) is 16.1. The molecule has 0 radical (unpaired) electrons. The molecule has 8 heteroatoms. The average molecular weight is 396 g/mol. The number of benzene rings is 1. The van der Waals surface area contributed by atoms with Crippen molar-refractivity contribution in [2.75, 3.05) is 18.4 Å². The van der Waals surface area contributed by atoms with E-state index in [1.54, 1.807) is 12.1 Å². The Hall–Kier alpha value is -2.74. The van der Waals surface area contributed by atoms with E-state index in [0.717, 1.165) is 36.0 Å². The van der Waals surface area contributed by atoms with Crippen molar-refractivity contribution in [3.8, 4) is 0 Å². The third kappa shape index (κ3) is 3.21. The number of hydrogen-bond donors (Lipinski definition) is 3. The van der Waals surface area contributed by atoms with Gasteiger partial charge in [0.2, 0.25) is 11.8 Å². The second kappa shape index (κ2) is 6.95. The molecule has 3 aliphatic heterocycles. The highest BCUT2D eigenvalue weighted by Gasteiger charge is 2.46. The number of nitrogens with zero attached hydrogens (tertiary/aromatic N) is 1. The van der Waals surface area contributed by atoms with Crippen LogP contribution >= 0.6 is 0 Å². The van der Waals surface area contributed by atoms with Crippen LogP contribution in [0.15, 0.2) is 18.2 Å². The summed E-state index contributed by atoms with van der Waals surface area (Å²) in [6.45, 7) is 2.17. The maximum absolute atomic E-state index is 12.9. The first kappa shape index (κ1) is 18.3. The van der Waals surface area contributed by atoms with Crippen molar-refractivity contribution < 1.29 is 19.2 Å². The lowest BCUT2D eigenvalue weighted by Crippen LogP contribution is -2.54. The molecule has 3 N–H and O–H groups in total. The third-order valence-corrected chi connectivity index (χ3v) is 6.62. The van der Waals surface area contributed by atoms with Crippen LogP contribution in [0.3, 0.4) is 0 Å². The molecule has 3 heterocycles. The molecule has 0 aromatic heterocycles. The zero-order chi connectivity index (χ0) is 20.1. The van der Waals surface area contributed by atoms with Crippen molar-refractivity contribution in [2.24, 2.45) is 11.8 Å². The molecular formula is C21H24N4O4. The fourth-order valence-electron chi connectivity index (χ4n) is 4.95. The minimum atomic E-state index is -0.927. The Labute approximate surface area is 168 Å². The first-order valence-electron chi connectivity index (χ1n) is 10.4. The smallest absolute Gasteiger partial charge is 0.262 e. The molecule has 0 spiro atoms. The second-order valence-corrected chi connectivity index (χ2v) is 8.45. The van der Waals surface area contributed by atoms with E-state index in [9.17, 15) is 19.2 Å². The van der Waals surface area contributed by atoms with Crippen molar-refractivity contribution in [1.82, 2.24) is 15.5 Å². The van der Waals surface area contributed by atoms with Gasteiger partial charge >= 0.3 is 0 Å². The number of piperidine rings is 2. The predicted octanol–water partition coefficient (Wildman–Crippen LogP) is 0.888. The summed E-state index contributed by atoms with van der Waals surface area (Å²) >= 11 is 0. The topological polar surface area (TPSA) is 108 Å². The van der Waals surface area contributed by atoms with Crippen LogP contribution in [0.1, 0.15) is 52.8 Å². The van der Waals surface area contributed by atoms with Crippen LogP contribution in [0.4, 0.5) is 5.69 Å². The number of carbonyl (C=O) groups excluding carboxylic acids is 4. The van der Waals surface area contributed by atoms with Crippen LogP contribution in [0.5, 0.6) is 0 Å². The molecule has 1 aromatic rings. The molecule has 5 rings (SSSR count). The predicted molar refractivity (Wildman–Crippen MR) is 104 cm³/mol. The monoisotopic (exact) mass is 396 g/mol. The van der Waals surface area contributed by atoms with E-state index in [0.29, 0.717) is 23.1 Å². The van der Waals surface area contributed by atoms with E-state index < -0.39 is 23.8 Å². The van der Waals surface area contributed by atoms with Crippen molar-refractivity contribution in [3.63, 3.8) is 0 Å². The molecule has 29 heavy (non-hydrogen) atoms. The van der Waals surface area contributed by atoms with Gasteiger partial charge in [0.1, 0.15) is 6.04 Å². The van der Waals surface area contributed by atoms with E-state index >= 15 is 0 Å². The van der Waals surface area contributed by atoms with Crippen LogP contribution in [-0.2, 0) is 9.59 Å². The van der Waals surface area contributed by atoms with E-state index in [1.807, 2.05) is 6.07 Å². The van der Waals surface area contributed by atoms with E-state index in [4.69, 9.17) is 0 Å². The molecule has 1 saturated carbocycles. The lowest BCUT2D eigenvalue weighted by molar-refractivity contribution is -0.136. The quantitative estimate of drug-likeness (QED) is 0.653. The summed E-state index contributed by atoms with van der Waals surface area (Å²) in [5.74, 6) is -0.477. The Bertz CT molecular complexity index is 908. The number of imide groups is 2. The highest BCUT2D eigenvalue weighted by Crippen LogP contribution is 2.43. The SMILES string of the molecule is O=C1CCC(N2C(=O)c3ccc(N[C@@H]4C[C@H]4C4CCNCC4)cc3C2=O)C(=O)N1. The van der Waals surface area contributed by atoms with Crippen LogP contribution < -0.4 is 16.0 Å². The Morgan fingerprint density at radius 1 is 0.966 bits per heavy atom. The Morgan fingerprint density at radius 2 is 1.72 bits per heavy atom. The van der Waals surface area contributed by atoms with Crippen LogP contribution in [0.2, 0.25) is 0 Å². The second-order valence-electron chi connectivity index (χ2n) is 8.45. The number of hydrogen-bond acceptors (Lipinski definition) is 6. The Morgan fingerprint density at radius 3 is 2.48 bits per heavy atom. The van der Waals surface area contributed by atoms with Gasteiger partial charge in [-0.15, -0.1) is 0 Å². The van der Waals surface area contributed by atoms with Gasteiger partial charge in [0.15, 0.2) is 0 Å². The molecule has 2 saturated heterocycles. The first-order valence-corrected chi connectivity index (χ1v) is 10.4. The van der Waals surface area contributed by atoms with E-state index in [-0.39, 0.29) is 18.7 Å². The molecular weight excluding hydrogens is 372 g/mol.